The molecule has 0 spiro atoms. The maximum atomic E-state index is 12.6. The lowest BCUT2D eigenvalue weighted by atomic mass is 10.0. The van der Waals surface area contributed by atoms with Gasteiger partial charge in [0, 0.05) is 12.8 Å². The first-order chi connectivity index (χ1) is 41.0. The first kappa shape index (κ1) is 81.3. The van der Waals surface area contributed by atoms with Crippen molar-refractivity contribution in [1.82, 2.24) is 5.32 Å². The number of aliphatic hydroxyl groups is 2. The zero-order valence-corrected chi connectivity index (χ0v) is 56.5. The highest BCUT2D eigenvalue weighted by Gasteiger charge is 2.20. The molecule has 0 aromatic rings. The summed E-state index contributed by atoms with van der Waals surface area (Å²) in [7, 11) is 0. The molecule has 0 aromatic heterocycles. The summed E-state index contributed by atoms with van der Waals surface area (Å²) in [6.07, 6.45) is 92.5. The zero-order chi connectivity index (χ0) is 59.9. The van der Waals surface area contributed by atoms with Gasteiger partial charge < -0.3 is 20.3 Å². The normalized spacial score (nSPS) is 12.6. The highest BCUT2D eigenvalue weighted by Crippen LogP contribution is 2.20. The van der Waals surface area contributed by atoms with E-state index in [4.69, 9.17) is 4.74 Å². The molecule has 0 aliphatic carbocycles. The molecule has 0 aromatic carbocycles. The van der Waals surface area contributed by atoms with Gasteiger partial charge in [0.2, 0.25) is 5.91 Å². The molecule has 0 aliphatic heterocycles. The zero-order valence-electron chi connectivity index (χ0n) is 56.5. The monoisotopic (exact) mass is 1170 g/mol. The third-order valence-corrected chi connectivity index (χ3v) is 18.0. The van der Waals surface area contributed by atoms with Crippen LogP contribution in [0.4, 0.5) is 0 Å². The molecule has 0 rings (SSSR count). The topological polar surface area (TPSA) is 95.9 Å². The maximum Gasteiger partial charge on any atom is 0.305 e. The molecule has 3 N–H and O–H groups in total. The van der Waals surface area contributed by atoms with Crippen LogP contribution in [0.3, 0.4) is 0 Å². The van der Waals surface area contributed by atoms with Crippen molar-refractivity contribution in [2.75, 3.05) is 13.2 Å². The van der Waals surface area contributed by atoms with Crippen LogP contribution >= 0.6 is 0 Å². The molecule has 0 saturated carbocycles. The summed E-state index contributed by atoms with van der Waals surface area (Å²) in [5.74, 6) is -0.0120. The molecule has 0 saturated heterocycles. The van der Waals surface area contributed by atoms with Gasteiger partial charge in [-0.1, -0.05) is 385 Å². The van der Waals surface area contributed by atoms with Gasteiger partial charge in [0.25, 0.3) is 0 Å². The van der Waals surface area contributed by atoms with E-state index in [1.807, 2.05) is 0 Å². The molecular weight excluding hydrogens is 1020 g/mol. The quantitative estimate of drug-likeness (QED) is 0.0320. The van der Waals surface area contributed by atoms with Crippen molar-refractivity contribution in [2.45, 2.75) is 443 Å². The Morgan fingerprint density at radius 1 is 0.337 bits per heavy atom. The van der Waals surface area contributed by atoms with Crippen LogP contribution in [0.15, 0.2) is 24.3 Å². The highest BCUT2D eigenvalue weighted by molar-refractivity contribution is 5.76. The number of aliphatic hydroxyl groups excluding tert-OH is 2. The molecule has 0 bridgehead atoms. The second-order valence-corrected chi connectivity index (χ2v) is 26.3. The fourth-order valence-electron chi connectivity index (χ4n) is 12.2. The lowest BCUT2D eigenvalue weighted by Crippen LogP contribution is -2.45. The van der Waals surface area contributed by atoms with Crippen LogP contribution in [0.5, 0.6) is 0 Å². The molecule has 492 valence electrons. The number of nitrogens with one attached hydrogen (secondary N) is 1. The van der Waals surface area contributed by atoms with Gasteiger partial charge in [0.15, 0.2) is 0 Å². The Morgan fingerprint density at radius 3 is 0.940 bits per heavy atom. The minimum atomic E-state index is -0.663. The highest BCUT2D eigenvalue weighted by atomic mass is 16.5. The molecule has 0 radical (unpaired) electrons. The van der Waals surface area contributed by atoms with Crippen LogP contribution in [0.2, 0.25) is 0 Å². The number of allylic oxidation sites excluding steroid dienone is 4. The number of carbonyl (C=O) groups is 2. The number of ether oxygens (including phenoxy) is 1. The lowest BCUT2D eigenvalue weighted by Gasteiger charge is -2.22. The van der Waals surface area contributed by atoms with Gasteiger partial charge in [0.1, 0.15) is 0 Å². The van der Waals surface area contributed by atoms with Crippen molar-refractivity contribution in [2.24, 2.45) is 0 Å². The molecule has 2 atom stereocenters. The van der Waals surface area contributed by atoms with E-state index in [-0.39, 0.29) is 18.5 Å². The van der Waals surface area contributed by atoms with Crippen LogP contribution < -0.4 is 5.32 Å². The predicted molar refractivity (Wildman–Crippen MR) is 366 cm³/mol. The number of rotatable bonds is 72. The molecule has 2 unspecified atom stereocenters. The van der Waals surface area contributed by atoms with E-state index in [0.717, 1.165) is 51.4 Å². The van der Waals surface area contributed by atoms with E-state index in [1.54, 1.807) is 0 Å². The standard InChI is InChI=1S/C77H149NO5/c1-3-5-7-9-11-13-15-17-19-21-23-34-37-41-45-49-53-57-61-65-69-75(80)74(73-79)78-76(81)70-66-62-58-54-50-46-42-38-35-31-29-27-25-24-26-28-30-32-36-40-44-48-52-56-60-64-68-72-83-77(82)71-67-63-59-55-51-47-43-39-33-22-20-18-16-14-12-10-8-6-4-2/h12,14,18,20,74-75,79-80H,3-11,13,15-17,19,21-73H2,1-2H3,(H,78,81)/b14-12-,20-18-. The Balaban J connectivity index is 3.34. The van der Waals surface area contributed by atoms with Crippen LogP contribution in [0.25, 0.3) is 0 Å². The van der Waals surface area contributed by atoms with Crippen molar-refractivity contribution in [1.29, 1.82) is 0 Å². The van der Waals surface area contributed by atoms with E-state index < -0.39 is 12.1 Å². The SMILES string of the molecule is CCCCC/C=C\C/C=C\CCCCCCCCCCCC(=O)OCCCCCCCCCCCCCCCCCCCCCCCCCCCCCC(=O)NC(CO)C(O)CCCCCCCCCCCCCCCCCCCCCC. The summed E-state index contributed by atoms with van der Waals surface area (Å²) >= 11 is 0. The number of hydrogen-bond donors (Lipinski definition) is 3. The summed E-state index contributed by atoms with van der Waals surface area (Å²) in [4.78, 5) is 24.7. The van der Waals surface area contributed by atoms with Gasteiger partial charge in [-0.25, -0.2) is 0 Å². The summed E-state index contributed by atoms with van der Waals surface area (Å²) in [6, 6.07) is -0.540. The number of esters is 1. The smallest absolute Gasteiger partial charge is 0.305 e. The Bertz CT molecular complexity index is 1300. The average Bonchev–Trinajstić information content (AvgIpc) is 3.49. The van der Waals surface area contributed by atoms with Gasteiger partial charge in [-0.05, 0) is 57.8 Å². The molecule has 1 amide bonds. The van der Waals surface area contributed by atoms with E-state index in [2.05, 4.69) is 43.5 Å². The summed E-state index contributed by atoms with van der Waals surface area (Å²) in [5.41, 5.74) is 0. The van der Waals surface area contributed by atoms with Crippen molar-refractivity contribution in [3.05, 3.63) is 24.3 Å². The third-order valence-electron chi connectivity index (χ3n) is 18.0. The van der Waals surface area contributed by atoms with Crippen molar-refractivity contribution >= 4 is 11.9 Å². The van der Waals surface area contributed by atoms with Gasteiger partial charge in [0.05, 0.1) is 25.4 Å². The van der Waals surface area contributed by atoms with Crippen molar-refractivity contribution in [3.8, 4) is 0 Å². The second-order valence-electron chi connectivity index (χ2n) is 26.3. The fraction of sp³-hybridized carbons (Fsp3) is 0.922. The number of hydrogen-bond acceptors (Lipinski definition) is 5. The Labute approximate surface area is 520 Å². The number of unbranched alkanes of at least 4 members (excludes halogenated alkanes) is 57. The summed E-state index contributed by atoms with van der Waals surface area (Å²) in [5, 5.41) is 23.4. The largest absolute Gasteiger partial charge is 0.466 e. The van der Waals surface area contributed by atoms with Crippen LogP contribution in [-0.4, -0.2) is 47.4 Å². The molecule has 0 heterocycles. The van der Waals surface area contributed by atoms with Gasteiger partial charge in [-0.3, -0.25) is 9.59 Å². The minimum Gasteiger partial charge on any atom is -0.466 e. The molecule has 0 fully saturated rings. The molecule has 6 nitrogen and oxygen atoms in total. The van der Waals surface area contributed by atoms with Crippen LogP contribution in [0, 0.1) is 0 Å². The minimum absolute atomic E-state index is 0.0154. The predicted octanol–water partition coefficient (Wildman–Crippen LogP) is 24.9. The van der Waals surface area contributed by atoms with Crippen molar-refractivity contribution in [3.63, 3.8) is 0 Å². The van der Waals surface area contributed by atoms with E-state index in [9.17, 15) is 19.8 Å². The molecular formula is C77H149NO5. The lowest BCUT2D eigenvalue weighted by molar-refractivity contribution is -0.143. The number of carbonyl (C=O) groups excluding carboxylic acids is 2. The first-order valence-electron chi connectivity index (χ1n) is 38.1. The Kier molecular flexibility index (Phi) is 71.4. The number of amides is 1. The summed E-state index contributed by atoms with van der Waals surface area (Å²) in [6.45, 7) is 4.98. The summed E-state index contributed by atoms with van der Waals surface area (Å²) < 4.78 is 5.51. The molecule has 83 heavy (non-hydrogen) atoms. The van der Waals surface area contributed by atoms with Crippen LogP contribution in [-0.2, 0) is 14.3 Å². The van der Waals surface area contributed by atoms with Crippen LogP contribution in [0.1, 0.15) is 431 Å². The maximum absolute atomic E-state index is 12.6. The third kappa shape index (κ3) is 69.3. The second kappa shape index (κ2) is 72.8. The Morgan fingerprint density at radius 2 is 0.602 bits per heavy atom. The Hall–Kier alpha value is -1.66. The van der Waals surface area contributed by atoms with Gasteiger partial charge in [-0.15, -0.1) is 0 Å². The van der Waals surface area contributed by atoms with Crippen molar-refractivity contribution < 1.29 is 24.5 Å². The van der Waals surface area contributed by atoms with Gasteiger partial charge in [-0.2, -0.15) is 0 Å². The molecule has 0 aliphatic rings. The average molecular weight is 1170 g/mol. The van der Waals surface area contributed by atoms with E-state index in [1.165, 1.54) is 347 Å². The van der Waals surface area contributed by atoms with E-state index >= 15 is 0 Å². The first-order valence-corrected chi connectivity index (χ1v) is 38.1. The fourth-order valence-corrected chi connectivity index (χ4v) is 12.2. The van der Waals surface area contributed by atoms with E-state index in [0.29, 0.717) is 25.9 Å². The van der Waals surface area contributed by atoms with Gasteiger partial charge >= 0.3 is 5.97 Å². The molecule has 6 heteroatoms.